The molecule has 0 saturated carbocycles. The Morgan fingerprint density at radius 2 is 2.03 bits per heavy atom. The van der Waals surface area contributed by atoms with Gasteiger partial charge in [0.15, 0.2) is 0 Å². The van der Waals surface area contributed by atoms with Crippen LogP contribution in [0.1, 0.15) is 59.2 Å². The lowest BCUT2D eigenvalue weighted by Crippen LogP contribution is -2.40. The number of rotatable bonds is 4. The highest BCUT2D eigenvalue weighted by Crippen LogP contribution is 2.32. The summed E-state index contributed by atoms with van der Waals surface area (Å²) in [5, 5.41) is 11.6. The minimum atomic E-state index is -0.149. The van der Waals surface area contributed by atoms with Crippen LogP contribution in [-0.4, -0.2) is 20.8 Å². The number of urea groups is 1. The smallest absolute Gasteiger partial charge is 0.315 e. The van der Waals surface area contributed by atoms with Gasteiger partial charge in [0.05, 0.1) is 28.9 Å². The van der Waals surface area contributed by atoms with Gasteiger partial charge in [-0.05, 0) is 40.0 Å². The fraction of sp³-hybridized carbons (Fsp3) is 0.409. The van der Waals surface area contributed by atoms with E-state index in [9.17, 15) is 4.79 Å². The molecule has 2 atom stereocenters. The van der Waals surface area contributed by atoms with Crippen molar-refractivity contribution < 1.29 is 4.79 Å². The number of carbonyl (C=O) groups is 1. The molecule has 3 aromatic rings. The Bertz CT molecular complexity index is 1020. The first-order chi connectivity index (χ1) is 13.9. The second-order valence-electron chi connectivity index (χ2n) is 7.79. The molecule has 1 aromatic carbocycles. The van der Waals surface area contributed by atoms with E-state index in [-0.39, 0.29) is 18.1 Å². The average molecular weight is 410 g/mol. The quantitative estimate of drug-likeness (QED) is 0.662. The highest BCUT2D eigenvalue weighted by molar-refractivity contribution is 7.15. The number of nitrogens with one attached hydrogen (secondary N) is 2. The zero-order valence-electron chi connectivity index (χ0n) is 17.3. The average Bonchev–Trinajstić information content (AvgIpc) is 3.26. The van der Waals surface area contributed by atoms with Crippen molar-refractivity contribution in [3.8, 4) is 10.6 Å². The largest absolute Gasteiger partial charge is 0.331 e. The molecule has 0 spiro atoms. The minimum Gasteiger partial charge on any atom is -0.331 e. The number of amides is 2. The van der Waals surface area contributed by atoms with Crippen LogP contribution < -0.4 is 10.6 Å². The van der Waals surface area contributed by atoms with Gasteiger partial charge >= 0.3 is 6.03 Å². The highest BCUT2D eigenvalue weighted by Gasteiger charge is 2.25. The number of fused-ring (bicyclic) bond motifs is 1. The number of hydrogen-bond acceptors (Lipinski definition) is 4. The fourth-order valence-electron chi connectivity index (χ4n) is 3.95. The topological polar surface area (TPSA) is 71.8 Å². The van der Waals surface area contributed by atoms with E-state index in [0.29, 0.717) is 0 Å². The van der Waals surface area contributed by atoms with Gasteiger partial charge in [0, 0.05) is 23.9 Å². The maximum absolute atomic E-state index is 12.7. The second-order valence-corrected chi connectivity index (χ2v) is 8.82. The summed E-state index contributed by atoms with van der Waals surface area (Å²) in [5.74, 6) is 0. The van der Waals surface area contributed by atoms with Crippen molar-refractivity contribution in [1.29, 1.82) is 0 Å². The van der Waals surface area contributed by atoms with Crippen LogP contribution in [0.5, 0.6) is 0 Å². The molecule has 0 bridgehead atoms. The second kappa shape index (κ2) is 7.99. The molecule has 0 aliphatic heterocycles. The predicted octanol–water partition coefficient (Wildman–Crippen LogP) is 4.60. The molecule has 0 fully saturated rings. The molecule has 1 aliphatic rings. The summed E-state index contributed by atoms with van der Waals surface area (Å²) in [6.45, 7) is 6.09. The summed E-state index contributed by atoms with van der Waals surface area (Å²) in [5.41, 5.74) is 5.66. The number of benzene rings is 1. The minimum absolute atomic E-state index is 0.0188. The Balaban J connectivity index is 1.44. The molecule has 2 N–H and O–H groups in total. The lowest BCUT2D eigenvalue weighted by Gasteiger charge is -2.24. The Morgan fingerprint density at radius 1 is 1.28 bits per heavy atom. The van der Waals surface area contributed by atoms with E-state index in [1.54, 1.807) is 11.3 Å². The van der Waals surface area contributed by atoms with Crippen molar-refractivity contribution in [3.05, 3.63) is 57.9 Å². The SMILES string of the molecule is Cc1ccc(-c2nc(C)c(C(C)NC(=O)NC3CCCc4c3cnn4C)s2)cc1. The number of hydrogen-bond donors (Lipinski definition) is 2. The molecule has 1 aliphatic carbocycles. The van der Waals surface area contributed by atoms with Gasteiger partial charge in [0.1, 0.15) is 5.01 Å². The molecule has 2 aromatic heterocycles. The van der Waals surface area contributed by atoms with Crippen LogP contribution >= 0.6 is 11.3 Å². The highest BCUT2D eigenvalue weighted by atomic mass is 32.1. The van der Waals surface area contributed by atoms with Crippen molar-refractivity contribution >= 4 is 17.4 Å². The Hall–Kier alpha value is -2.67. The molecule has 7 heteroatoms. The number of thiazole rings is 1. The van der Waals surface area contributed by atoms with Crippen LogP contribution in [0.3, 0.4) is 0 Å². The van der Waals surface area contributed by atoms with Crippen LogP contribution in [0, 0.1) is 13.8 Å². The lowest BCUT2D eigenvalue weighted by atomic mass is 9.93. The summed E-state index contributed by atoms with van der Waals surface area (Å²) >= 11 is 1.64. The Labute approximate surface area is 175 Å². The standard InChI is InChI=1S/C22H27N5OS/c1-13-8-10-16(11-9-13)21-24-14(2)20(29-21)15(3)25-22(28)26-18-6-5-7-19-17(18)12-23-27(19)4/h8-12,15,18H,5-7H2,1-4H3,(H2,25,26,28). The number of carbonyl (C=O) groups excluding carboxylic acids is 1. The Morgan fingerprint density at radius 3 is 2.79 bits per heavy atom. The van der Waals surface area contributed by atoms with Crippen molar-refractivity contribution in [3.63, 3.8) is 0 Å². The number of nitrogens with zero attached hydrogens (tertiary/aromatic N) is 3. The summed E-state index contributed by atoms with van der Waals surface area (Å²) < 4.78 is 1.91. The lowest BCUT2D eigenvalue weighted by molar-refractivity contribution is 0.232. The van der Waals surface area contributed by atoms with Crippen LogP contribution in [0.25, 0.3) is 10.6 Å². The molecule has 0 saturated heterocycles. The molecule has 29 heavy (non-hydrogen) atoms. The van der Waals surface area contributed by atoms with Gasteiger partial charge in [0.2, 0.25) is 0 Å². The van der Waals surface area contributed by atoms with E-state index < -0.39 is 0 Å². The first-order valence-corrected chi connectivity index (χ1v) is 10.9. The molecule has 2 heterocycles. The van der Waals surface area contributed by atoms with Crippen molar-refractivity contribution in [2.24, 2.45) is 7.05 Å². The maximum atomic E-state index is 12.7. The maximum Gasteiger partial charge on any atom is 0.315 e. The van der Waals surface area contributed by atoms with Crippen molar-refractivity contribution in [2.45, 2.75) is 52.1 Å². The third-order valence-electron chi connectivity index (χ3n) is 5.55. The first-order valence-electron chi connectivity index (χ1n) is 10.0. The van der Waals surface area contributed by atoms with E-state index >= 15 is 0 Å². The van der Waals surface area contributed by atoms with Gasteiger partial charge in [-0.1, -0.05) is 29.8 Å². The van der Waals surface area contributed by atoms with E-state index in [2.05, 4.69) is 46.9 Å². The van der Waals surface area contributed by atoms with Crippen molar-refractivity contribution in [1.82, 2.24) is 25.4 Å². The monoisotopic (exact) mass is 409 g/mol. The number of aromatic nitrogens is 3. The zero-order chi connectivity index (χ0) is 20.5. The molecule has 0 radical (unpaired) electrons. The van der Waals surface area contributed by atoms with Gasteiger partial charge in [-0.3, -0.25) is 4.68 Å². The third kappa shape index (κ3) is 4.05. The predicted molar refractivity (Wildman–Crippen MR) is 116 cm³/mol. The first kappa shape index (κ1) is 19.6. The fourth-order valence-corrected chi connectivity index (χ4v) is 5.02. The van der Waals surface area contributed by atoms with E-state index in [1.807, 2.05) is 31.8 Å². The van der Waals surface area contributed by atoms with Gasteiger partial charge < -0.3 is 10.6 Å². The molecular weight excluding hydrogens is 382 g/mol. The van der Waals surface area contributed by atoms with Gasteiger partial charge in [-0.15, -0.1) is 11.3 Å². The normalized spacial score (nSPS) is 16.9. The van der Waals surface area contributed by atoms with Gasteiger partial charge in [0.25, 0.3) is 0 Å². The summed E-state index contributed by atoms with van der Waals surface area (Å²) in [7, 11) is 1.96. The van der Waals surface area contributed by atoms with Gasteiger partial charge in [-0.2, -0.15) is 5.10 Å². The molecule has 4 rings (SSSR count). The molecular formula is C22H27N5OS. The Kier molecular flexibility index (Phi) is 5.41. The van der Waals surface area contributed by atoms with Crippen molar-refractivity contribution in [2.75, 3.05) is 0 Å². The van der Waals surface area contributed by atoms with E-state index in [4.69, 9.17) is 4.98 Å². The number of aryl methyl sites for hydroxylation is 3. The summed E-state index contributed by atoms with van der Waals surface area (Å²) in [6, 6.07) is 8.14. The van der Waals surface area contributed by atoms with E-state index in [0.717, 1.165) is 46.0 Å². The van der Waals surface area contributed by atoms with Gasteiger partial charge in [-0.25, -0.2) is 9.78 Å². The zero-order valence-corrected chi connectivity index (χ0v) is 18.1. The van der Waals surface area contributed by atoms with Crippen LogP contribution in [0.2, 0.25) is 0 Å². The van der Waals surface area contributed by atoms with Crippen LogP contribution in [-0.2, 0) is 13.5 Å². The van der Waals surface area contributed by atoms with E-state index in [1.165, 1.54) is 11.3 Å². The molecule has 6 nitrogen and oxygen atoms in total. The third-order valence-corrected chi connectivity index (χ3v) is 6.94. The molecule has 152 valence electrons. The molecule has 2 unspecified atom stereocenters. The van der Waals surface area contributed by atoms with Crippen LogP contribution in [0.15, 0.2) is 30.5 Å². The summed E-state index contributed by atoms with van der Waals surface area (Å²) in [4.78, 5) is 18.5. The van der Waals surface area contributed by atoms with Crippen LogP contribution in [0.4, 0.5) is 4.79 Å². The molecule has 2 amide bonds. The summed E-state index contributed by atoms with van der Waals surface area (Å²) in [6.07, 6.45) is 4.90.